The summed E-state index contributed by atoms with van der Waals surface area (Å²) in [5, 5.41) is 9.84. The predicted molar refractivity (Wildman–Crippen MR) is 59.3 cm³/mol. The lowest BCUT2D eigenvalue weighted by molar-refractivity contribution is 0.472. The topological polar surface area (TPSA) is 20.2 Å². The third-order valence-electron chi connectivity index (χ3n) is 2.86. The Morgan fingerprint density at radius 2 is 2.21 bits per heavy atom. The zero-order chi connectivity index (χ0) is 9.97. The maximum Gasteiger partial charge on any atom is 0.123 e. The van der Waals surface area contributed by atoms with Gasteiger partial charge in [0, 0.05) is 5.56 Å². The van der Waals surface area contributed by atoms with Gasteiger partial charge >= 0.3 is 0 Å². The monoisotopic (exact) mass is 188 g/mol. The molecule has 1 aromatic rings. The molecule has 0 saturated carbocycles. The molecular formula is C13H16O. The van der Waals surface area contributed by atoms with Crippen LogP contribution < -0.4 is 0 Å². The van der Waals surface area contributed by atoms with Crippen LogP contribution in [-0.4, -0.2) is 5.11 Å². The smallest absolute Gasteiger partial charge is 0.123 e. The van der Waals surface area contributed by atoms with E-state index in [1.807, 2.05) is 12.1 Å². The van der Waals surface area contributed by atoms with E-state index in [0.717, 1.165) is 24.8 Å². The van der Waals surface area contributed by atoms with Crippen molar-refractivity contribution in [1.82, 2.24) is 0 Å². The molecule has 1 aromatic carbocycles. The first-order valence-corrected chi connectivity index (χ1v) is 5.32. The Balaban J connectivity index is 2.34. The summed E-state index contributed by atoms with van der Waals surface area (Å²) in [6.07, 6.45) is 6.71. The van der Waals surface area contributed by atoms with Crippen LogP contribution in [0.15, 0.2) is 24.3 Å². The van der Waals surface area contributed by atoms with Crippen molar-refractivity contribution in [3.63, 3.8) is 0 Å². The number of allylic oxidation sites excluding steroid dienone is 2. The number of aryl methyl sites for hydroxylation is 1. The summed E-state index contributed by atoms with van der Waals surface area (Å²) in [4.78, 5) is 0. The molecule has 0 heterocycles. The van der Waals surface area contributed by atoms with E-state index in [1.165, 1.54) is 17.6 Å². The summed E-state index contributed by atoms with van der Waals surface area (Å²) in [7, 11) is 0. The van der Waals surface area contributed by atoms with Crippen LogP contribution in [0.5, 0.6) is 5.75 Å². The molecule has 14 heavy (non-hydrogen) atoms. The molecule has 1 aliphatic rings. The Hall–Kier alpha value is -1.24. The normalized spacial score (nSPS) is 15.6. The summed E-state index contributed by atoms with van der Waals surface area (Å²) in [5.74, 6) is 0.442. The zero-order valence-corrected chi connectivity index (χ0v) is 8.59. The first kappa shape index (κ1) is 9.32. The van der Waals surface area contributed by atoms with Crippen LogP contribution in [0.25, 0.3) is 5.57 Å². The lowest BCUT2D eigenvalue weighted by Gasteiger charge is -2.06. The fraction of sp³-hybridized carbons (Fsp3) is 0.385. The fourth-order valence-electron chi connectivity index (χ4n) is 1.98. The van der Waals surface area contributed by atoms with E-state index in [2.05, 4.69) is 19.1 Å². The molecule has 0 atom stereocenters. The number of aromatic hydroxyl groups is 1. The zero-order valence-electron chi connectivity index (χ0n) is 8.59. The maximum absolute atomic E-state index is 9.84. The summed E-state index contributed by atoms with van der Waals surface area (Å²) in [6, 6.07) is 6.04. The fourth-order valence-corrected chi connectivity index (χ4v) is 1.98. The number of hydrogen-bond donors (Lipinski definition) is 1. The Morgan fingerprint density at radius 3 is 2.79 bits per heavy atom. The van der Waals surface area contributed by atoms with Crippen molar-refractivity contribution in [3.8, 4) is 5.75 Å². The standard InChI is InChI=1S/C13H16O/c1-2-10-7-8-12(13(14)9-10)11-5-3-4-6-11/h5,7-9,14H,2-4,6H2,1H3. The molecule has 0 saturated heterocycles. The third-order valence-corrected chi connectivity index (χ3v) is 2.86. The summed E-state index contributed by atoms with van der Waals surface area (Å²) >= 11 is 0. The number of rotatable bonds is 2. The molecule has 0 fully saturated rings. The van der Waals surface area contributed by atoms with Crippen molar-refractivity contribution in [2.24, 2.45) is 0 Å². The van der Waals surface area contributed by atoms with E-state index >= 15 is 0 Å². The maximum atomic E-state index is 9.84. The van der Waals surface area contributed by atoms with Gasteiger partial charge in [-0.15, -0.1) is 0 Å². The van der Waals surface area contributed by atoms with Crippen LogP contribution in [0.1, 0.15) is 37.3 Å². The molecule has 0 bridgehead atoms. The molecule has 0 unspecified atom stereocenters. The Labute approximate surface area is 85.1 Å². The van der Waals surface area contributed by atoms with E-state index in [-0.39, 0.29) is 0 Å². The van der Waals surface area contributed by atoms with Crippen LogP contribution in [0, 0.1) is 0 Å². The first-order chi connectivity index (χ1) is 6.81. The van der Waals surface area contributed by atoms with Gasteiger partial charge in [0.25, 0.3) is 0 Å². The van der Waals surface area contributed by atoms with Gasteiger partial charge in [0.05, 0.1) is 0 Å². The minimum Gasteiger partial charge on any atom is -0.507 e. The van der Waals surface area contributed by atoms with Crippen LogP contribution in [0.2, 0.25) is 0 Å². The molecule has 2 rings (SSSR count). The van der Waals surface area contributed by atoms with Crippen LogP contribution in [0.3, 0.4) is 0 Å². The van der Waals surface area contributed by atoms with Crippen molar-refractivity contribution in [2.45, 2.75) is 32.6 Å². The molecule has 0 spiro atoms. The average Bonchev–Trinajstić information content (AvgIpc) is 2.70. The van der Waals surface area contributed by atoms with Crippen molar-refractivity contribution >= 4 is 5.57 Å². The van der Waals surface area contributed by atoms with Gasteiger partial charge in [0.15, 0.2) is 0 Å². The summed E-state index contributed by atoms with van der Waals surface area (Å²) in [5.41, 5.74) is 3.54. The highest BCUT2D eigenvalue weighted by atomic mass is 16.3. The molecule has 0 radical (unpaired) electrons. The summed E-state index contributed by atoms with van der Waals surface area (Å²) in [6.45, 7) is 2.10. The van der Waals surface area contributed by atoms with Crippen LogP contribution in [-0.2, 0) is 6.42 Å². The highest BCUT2D eigenvalue weighted by Gasteiger charge is 2.10. The largest absolute Gasteiger partial charge is 0.507 e. The van der Waals surface area contributed by atoms with E-state index in [9.17, 15) is 5.11 Å². The van der Waals surface area contributed by atoms with Crippen molar-refractivity contribution < 1.29 is 5.11 Å². The molecule has 1 N–H and O–H groups in total. The van der Waals surface area contributed by atoms with Gasteiger partial charge in [-0.25, -0.2) is 0 Å². The summed E-state index contributed by atoms with van der Waals surface area (Å²) < 4.78 is 0. The SMILES string of the molecule is CCc1ccc(C2=CCCC2)c(O)c1. The molecule has 1 aliphatic carbocycles. The lowest BCUT2D eigenvalue weighted by atomic mass is 10.0. The minimum atomic E-state index is 0.442. The first-order valence-electron chi connectivity index (χ1n) is 5.32. The van der Waals surface area contributed by atoms with Gasteiger partial charge in [0.2, 0.25) is 0 Å². The third kappa shape index (κ3) is 1.67. The molecule has 0 aliphatic heterocycles. The second kappa shape index (κ2) is 3.87. The van der Waals surface area contributed by atoms with Gasteiger partial charge in [0.1, 0.15) is 5.75 Å². The average molecular weight is 188 g/mol. The highest BCUT2D eigenvalue weighted by Crippen LogP contribution is 2.33. The Morgan fingerprint density at radius 1 is 1.36 bits per heavy atom. The van der Waals surface area contributed by atoms with E-state index in [4.69, 9.17) is 0 Å². The van der Waals surface area contributed by atoms with Crippen LogP contribution >= 0.6 is 0 Å². The molecule has 0 aromatic heterocycles. The second-order valence-electron chi connectivity index (χ2n) is 3.83. The van der Waals surface area contributed by atoms with E-state index < -0.39 is 0 Å². The van der Waals surface area contributed by atoms with Crippen molar-refractivity contribution in [2.75, 3.05) is 0 Å². The Bertz CT molecular complexity index is 363. The second-order valence-corrected chi connectivity index (χ2v) is 3.83. The molecular weight excluding hydrogens is 172 g/mol. The molecule has 0 amide bonds. The quantitative estimate of drug-likeness (QED) is 0.752. The predicted octanol–water partition coefficient (Wildman–Crippen LogP) is 3.52. The number of phenols is 1. The van der Waals surface area contributed by atoms with E-state index in [1.54, 1.807) is 0 Å². The van der Waals surface area contributed by atoms with E-state index in [0.29, 0.717) is 5.75 Å². The minimum absolute atomic E-state index is 0.442. The van der Waals surface area contributed by atoms with Gasteiger partial charge in [-0.05, 0) is 42.9 Å². The van der Waals surface area contributed by atoms with Gasteiger partial charge in [-0.2, -0.15) is 0 Å². The van der Waals surface area contributed by atoms with Crippen molar-refractivity contribution in [3.05, 3.63) is 35.4 Å². The molecule has 1 nitrogen and oxygen atoms in total. The number of benzene rings is 1. The van der Waals surface area contributed by atoms with Crippen LogP contribution in [0.4, 0.5) is 0 Å². The van der Waals surface area contributed by atoms with Gasteiger partial charge in [-0.3, -0.25) is 0 Å². The molecule has 74 valence electrons. The molecule has 1 heteroatoms. The van der Waals surface area contributed by atoms with Crippen molar-refractivity contribution in [1.29, 1.82) is 0 Å². The number of hydrogen-bond acceptors (Lipinski definition) is 1. The lowest BCUT2D eigenvalue weighted by Crippen LogP contribution is -1.85. The Kier molecular flexibility index (Phi) is 2.58. The van der Waals surface area contributed by atoms with Gasteiger partial charge in [-0.1, -0.05) is 25.1 Å². The highest BCUT2D eigenvalue weighted by molar-refractivity contribution is 5.71. The van der Waals surface area contributed by atoms with Gasteiger partial charge < -0.3 is 5.11 Å². The number of phenolic OH excluding ortho intramolecular Hbond substituents is 1.